The number of fused-ring (bicyclic) bond motifs is 6. The number of hydrogen-bond donors (Lipinski definition) is 2. The van der Waals surface area contributed by atoms with E-state index >= 15 is 0 Å². The Morgan fingerprint density at radius 2 is 1.46 bits per heavy atom. The lowest BCUT2D eigenvalue weighted by Gasteiger charge is -2.39. The predicted molar refractivity (Wildman–Crippen MR) is 130 cm³/mol. The first-order valence-corrected chi connectivity index (χ1v) is 11.3. The van der Waals surface area contributed by atoms with Crippen LogP contribution in [-0.4, -0.2) is 30.6 Å². The maximum atomic E-state index is 13.9. The second-order valence-electron chi connectivity index (χ2n) is 10.0. The van der Waals surface area contributed by atoms with Crippen LogP contribution in [0.15, 0.2) is 36.4 Å². The minimum atomic E-state index is -1.19. The smallest absolute Gasteiger partial charge is 0.292 e. The molecule has 1 aromatic heterocycles. The van der Waals surface area contributed by atoms with Gasteiger partial charge in [0.15, 0.2) is 0 Å². The lowest BCUT2D eigenvalue weighted by molar-refractivity contribution is -0.393. The number of hydrazine groups is 1. The van der Waals surface area contributed by atoms with Crippen LogP contribution < -0.4 is 10.9 Å². The van der Waals surface area contributed by atoms with Gasteiger partial charge in [-0.3, -0.25) is 46.0 Å². The van der Waals surface area contributed by atoms with Gasteiger partial charge in [0.1, 0.15) is 11.1 Å². The monoisotopic (exact) mass is 507 g/mol. The standard InChI is InChI=1S/C23H21N7O7/c1-21(2)22(3)8-9-23(21,19-18(22)24-14-6-4-12(28(32)33)10-16(14)25-19)20(31)27-26-15-7-5-13(29(34)35)11-17(15)30(36)37/h4-7,10-11,26H,8-9H2,1-3H3,(H,27,31). The molecule has 37 heavy (non-hydrogen) atoms. The molecule has 14 nitrogen and oxygen atoms in total. The number of carbonyl (C=O) groups excluding carboxylic acids is 1. The van der Waals surface area contributed by atoms with Crippen molar-refractivity contribution in [3.05, 3.63) is 78.1 Å². The number of non-ortho nitro benzene ring substituents is 2. The van der Waals surface area contributed by atoms with E-state index in [-0.39, 0.29) is 16.9 Å². The number of amides is 1. The number of rotatable bonds is 6. The van der Waals surface area contributed by atoms with Crippen molar-refractivity contribution < 1.29 is 19.6 Å². The molecule has 2 aliphatic rings. The lowest BCUT2D eigenvalue weighted by atomic mass is 9.63. The number of hydrogen-bond acceptors (Lipinski definition) is 10. The summed E-state index contributed by atoms with van der Waals surface area (Å²) < 4.78 is 0. The molecule has 2 bridgehead atoms. The number of nitrogens with zero attached hydrogens (tertiary/aromatic N) is 5. The largest absolute Gasteiger partial charge is 0.300 e. The molecule has 1 saturated carbocycles. The van der Waals surface area contributed by atoms with Gasteiger partial charge in [-0.05, 0) is 30.4 Å². The Morgan fingerprint density at radius 1 is 0.838 bits per heavy atom. The summed E-state index contributed by atoms with van der Waals surface area (Å²) in [5.74, 6) is -0.508. The fourth-order valence-corrected chi connectivity index (χ4v) is 5.83. The molecule has 3 aromatic rings. The maximum Gasteiger partial charge on any atom is 0.300 e. The molecular formula is C23H21N7O7. The molecule has 0 aliphatic heterocycles. The van der Waals surface area contributed by atoms with E-state index in [4.69, 9.17) is 9.97 Å². The summed E-state index contributed by atoms with van der Waals surface area (Å²) in [6.45, 7) is 5.88. The van der Waals surface area contributed by atoms with Crippen LogP contribution in [0.3, 0.4) is 0 Å². The molecule has 0 spiro atoms. The third-order valence-corrected chi connectivity index (χ3v) is 8.32. The van der Waals surface area contributed by atoms with Crippen LogP contribution >= 0.6 is 0 Å². The molecule has 0 saturated heterocycles. The van der Waals surface area contributed by atoms with E-state index in [0.717, 1.165) is 18.2 Å². The number of nitrogens with one attached hydrogen (secondary N) is 2. The zero-order valence-electron chi connectivity index (χ0n) is 20.0. The van der Waals surface area contributed by atoms with E-state index in [1.807, 2.05) is 20.8 Å². The number of anilines is 1. The summed E-state index contributed by atoms with van der Waals surface area (Å²) >= 11 is 0. The van der Waals surface area contributed by atoms with Gasteiger partial charge < -0.3 is 0 Å². The van der Waals surface area contributed by atoms with Gasteiger partial charge in [0.05, 0.1) is 43.3 Å². The average Bonchev–Trinajstić information content (AvgIpc) is 3.15. The highest BCUT2D eigenvalue weighted by molar-refractivity contribution is 5.94. The number of benzene rings is 2. The van der Waals surface area contributed by atoms with E-state index in [9.17, 15) is 35.1 Å². The zero-order chi connectivity index (χ0) is 26.9. The average molecular weight is 507 g/mol. The van der Waals surface area contributed by atoms with Crippen LogP contribution in [0.1, 0.15) is 45.0 Å². The third-order valence-electron chi connectivity index (χ3n) is 8.32. The number of nitro groups is 3. The quantitative estimate of drug-likeness (QED) is 0.365. The van der Waals surface area contributed by atoms with Gasteiger partial charge in [0.2, 0.25) is 0 Å². The van der Waals surface area contributed by atoms with Gasteiger partial charge in [-0.15, -0.1) is 0 Å². The second kappa shape index (κ2) is 7.62. The maximum absolute atomic E-state index is 13.9. The fraction of sp³-hybridized carbons (Fsp3) is 0.348. The van der Waals surface area contributed by atoms with Gasteiger partial charge >= 0.3 is 5.69 Å². The third kappa shape index (κ3) is 3.07. The van der Waals surface area contributed by atoms with E-state index in [1.54, 1.807) is 0 Å². The van der Waals surface area contributed by atoms with Crippen molar-refractivity contribution in [3.8, 4) is 0 Å². The number of aromatic nitrogens is 2. The van der Waals surface area contributed by atoms with E-state index < -0.39 is 48.3 Å². The van der Waals surface area contributed by atoms with Gasteiger partial charge in [0.25, 0.3) is 17.3 Å². The molecule has 2 unspecified atom stereocenters. The lowest BCUT2D eigenvalue weighted by Crippen LogP contribution is -2.52. The summed E-state index contributed by atoms with van der Waals surface area (Å²) in [5.41, 5.74) is 3.21. The fourth-order valence-electron chi connectivity index (χ4n) is 5.83. The number of carbonyl (C=O) groups is 1. The van der Waals surface area contributed by atoms with Crippen molar-refractivity contribution in [1.82, 2.24) is 15.4 Å². The molecule has 2 atom stereocenters. The van der Waals surface area contributed by atoms with Crippen molar-refractivity contribution in [3.63, 3.8) is 0 Å². The van der Waals surface area contributed by atoms with E-state index in [2.05, 4.69) is 10.9 Å². The van der Waals surface area contributed by atoms with Crippen molar-refractivity contribution in [2.75, 3.05) is 5.43 Å². The molecule has 2 N–H and O–H groups in total. The normalized spacial score (nSPS) is 22.9. The predicted octanol–water partition coefficient (Wildman–Crippen LogP) is 3.83. The Labute approximate surface area is 208 Å². The number of nitro benzene ring substituents is 3. The highest BCUT2D eigenvalue weighted by Crippen LogP contribution is 2.70. The molecule has 14 heteroatoms. The summed E-state index contributed by atoms with van der Waals surface area (Å²) in [6.07, 6.45) is 1.04. The minimum Gasteiger partial charge on any atom is -0.292 e. The van der Waals surface area contributed by atoms with E-state index in [1.165, 1.54) is 18.2 Å². The van der Waals surface area contributed by atoms with Gasteiger partial charge in [0, 0.05) is 23.6 Å². The zero-order valence-corrected chi connectivity index (χ0v) is 20.0. The van der Waals surface area contributed by atoms with Crippen LogP contribution in [0.5, 0.6) is 0 Å². The molecule has 2 aliphatic carbocycles. The SMILES string of the molecule is CC12CCC(C(=O)NNc3ccc([N+](=O)[O-])cc3[N+](=O)[O-])(c3nc4cc([N+](=O)[O-])ccc4nc31)C2(C)C. The molecule has 5 rings (SSSR count). The Bertz CT molecular complexity index is 1560. The van der Waals surface area contributed by atoms with Crippen LogP contribution in [0.25, 0.3) is 11.0 Å². The molecule has 0 radical (unpaired) electrons. The van der Waals surface area contributed by atoms with Crippen molar-refractivity contribution >= 4 is 39.7 Å². The molecule has 1 heterocycles. The minimum absolute atomic E-state index is 0.127. The molecular weight excluding hydrogens is 486 g/mol. The molecule has 190 valence electrons. The highest BCUT2D eigenvalue weighted by atomic mass is 16.6. The van der Waals surface area contributed by atoms with Gasteiger partial charge in [-0.2, -0.15) is 0 Å². The summed E-state index contributed by atoms with van der Waals surface area (Å²) in [4.78, 5) is 55.1. The Hall–Kier alpha value is -4.75. The van der Waals surface area contributed by atoms with Crippen LogP contribution in [-0.2, 0) is 15.6 Å². The van der Waals surface area contributed by atoms with Gasteiger partial charge in [-0.1, -0.05) is 20.8 Å². The van der Waals surface area contributed by atoms with Crippen LogP contribution in [0.4, 0.5) is 22.7 Å². The topological polar surface area (TPSA) is 196 Å². The van der Waals surface area contributed by atoms with Crippen LogP contribution in [0.2, 0.25) is 0 Å². The first-order chi connectivity index (χ1) is 17.3. The second-order valence-corrected chi connectivity index (χ2v) is 10.0. The van der Waals surface area contributed by atoms with Gasteiger partial charge in [-0.25, -0.2) is 9.97 Å². The van der Waals surface area contributed by atoms with Crippen LogP contribution in [0, 0.1) is 35.8 Å². The molecule has 1 amide bonds. The van der Waals surface area contributed by atoms with E-state index in [0.29, 0.717) is 29.7 Å². The Kier molecular flexibility index (Phi) is 4.94. The Balaban J connectivity index is 1.57. The van der Waals surface area contributed by atoms with Crippen molar-refractivity contribution in [2.45, 2.75) is 44.4 Å². The Morgan fingerprint density at radius 3 is 2.11 bits per heavy atom. The summed E-state index contributed by atoms with van der Waals surface area (Å²) in [5, 5.41) is 33.8. The first kappa shape index (κ1) is 24.0. The summed E-state index contributed by atoms with van der Waals surface area (Å²) in [7, 11) is 0. The summed E-state index contributed by atoms with van der Waals surface area (Å²) in [6, 6.07) is 7.24. The first-order valence-electron chi connectivity index (χ1n) is 11.3. The highest BCUT2D eigenvalue weighted by Gasteiger charge is 2.73. The van der Waals surface area contributed by atoms with Crippen molar-refractivity contribution in [2.24, 2.45) is 5.41 Å². The van der Waals surface area contributed by atoms with Crippen molar-refractivity contribution in [1.29, 1.82) is 0 Å². The molecule has 2 aromatic carbocycles. The molecule has 1 fully saturated rings.